The van der Waals surface area contributed by atoms with Gasteiger partial charge in [0, 0.05) is 0 Å². The Balaban J connectivity index is 3.09. The highest BCUT2D eigenvalue weighted by atomic mass is 19.4. The molecule has 1 aromatic heterocycles. The number of ether oxygens (including phenoxy) is 1. The molecule has 0 spiro atoms. The Morgan fingerprint density at radius 2 is 1.92 bits per heavy atom. The molecule has 0 bridgehead atoms. The van der Waals surface area contributed by atoms with Crippen LogP contribution in [0.15, 0.2) is 6.07 Å². The first-order chi connectivity index (χ1) is 10.7. The van der Waals surface area contributed by atoms with Crippen LogP contribution in [0, 0.1) is 0 Å². The second kappa shape index (κ2) is 6.34. The Hall–Kier alpha value is -2.24. The maximum Gasteiger partial charge on any atom is 0.421 e. The van der Waals surface area contributed by atoms with Gasteiger partial charge in [0.15, 0.2) is 11.3 Å². The van der Waals surface area contributed by atoms with Crippen LogP contribution in [0.1, 0.15) is 23.0 Å². The molecule has 1 atom stereocenters. The molecular formula is C12H13F6N3O3. The molecule has 0 aliphatic rings. The first-order valence-electron chi connectivity index (χ1n) is 6.19. The lowest BCUT2D eigenvalue weighted by Gasteiger charge is -2.26. The number of methoxy groups -OCH3 is 1. The first-order valence-corrected chi connectivity index (χ1v) is 6.19. The van der Waals surface area contributed by atoms with Gasteiger partial charge in [-0.3, -0.25) is 4.79 Å². The lowest BCUT2D eigenvalue weighted by molar-refractivity contribution is -0.249. The number of carbonyl (C=O) groups excluding carboxylic acids is 1. The lowest BCUT2D eigenvalue weighted by atomic mass is 10.2. The number of halogens is 6. The van der Waals surface area contributed by atoms with Gasteiger partial charge in [-0.05, 0) is 13.0 Å². The van der Waals surface area contributed by atoms with E-state index < -0.39 is 53.2 Å². The zero-order valence-electron chi connectivity index (χ0n) is 12.3. The fourth-order valence-electron chi connectivity index (χ4n) is 1.49. The van der Waals surface area contributed by atoms with Crippen molar-refractivity contribution in [1.82, 2.24) is 10.3 Å². The number of aromatic nitrogens is 1. The monoisotopic (exact) mass is 363 g/mol. The Morgan fingerprint density at radius 3 is 2.33 bits per heavy atom. The van der Waals surface area contributed by atoms with Crippen LogP contribution in [0.25, 0.3) is 0 Å². The second-order valence-electron chi connectivity index (χ2n) is 4.94. The molecular weight excluding hydrogens is 350 g/mol. The maximum atomic E-state index is 12.7. The highest BCUT2D eigenvalue weighted by Crippen LogP contribution is 2.37. The molecule has 0 aliphatic carbocycles. The minimum absolute atomic E-state index is 0.378. The topological polar surface area (TPSA) is 97.5 Å². The van der Waals surface area contributed by atoms with Crippen LogP contribution in [0.5, 0.6) is 5.88 Å². The number of alkyl halides is 6. The number of pyridine rings is 1. The third-order valence-electron chi connectivity index (χ3n) is 2.93. The van der Waals surface area contributed by atoms with Gasteiger partial charge in [-0.1, -0.05) is 0 Å². The molecule has 0 radical (unpaired) electrons. The normalized spacial score (nSPS) is 14.9. The molecule has 4 N–H and O–H groups in total. The van der Waals surface area contributed by atoms with E-state index in [4.69, 9.17) is 5.73 Å². The van der Waals surface area contributed by atoms with Gasteiger partial charge in [0.25, 0.3) is 5.91 Å². The largest absolute Gasteiger partial charge is 0.481 e. The van der Waals surface area contributed by atoms with Crippen molar-refractivity contribution < 1.29 is 41.0 Å². The molecule has 1 amide bonds. The Bertz CT molecular complexity index is 628. The number of nitrogens with zero attached hydrogens (tertiary/aromatic N) is 1. The minimum Gasteiger partial charge on any atom is -0.481 e. The average molecular weight is 363 g/mol. The standard InChI is InChI=1S/C12H13F6N3O3/c1-10(23,12(16,17)18)4-20-8(22)7-6(19)3-5(11(13,14)15)9(21-7)24-2/h3,23H,4,19H2,1-2H3,(H,20,22)/i10+2. The number of amides is 1. The Kier molecular flexibility index (Phi) is 5.23. The highest BCUT2D eigenvalue weighted by Gasteiger charge is 2.50. The number of aliphatic hydroxyl groups is 1. The summed E-state index contributed by atoms with van der Waals surface area (Å²) in [5, 5.41) is 10.9. The summed E-state index contributed by atoms with van der Waals surface area (Å²) in [6.45, 7) is -0.836. The van der Waals surface area contributed by atoms with Crippen molar-refractivity contribution in [2.75, 3.05) is 19.4 Å². The summed E-state index contributed by atoms with van der Waals surface area (Å²) in [5.74, 6) is -2.27. The number of nitrogens with two attached hydrogens (primary N) is 1. The van der Waals surface area contributed by atoms with E-state index in [0.29, 0.717) is 13.0 Å². The molecule has 6 nitrogen and oxygen atoms in total. The van der Waals surface area contributed by atoms with E-state index in [1.165, 1.54) is 0 Å². The molecule has 0 saturated carbocycles. The molecule has 0 fully saturated rings. The summed E-state index contributed by atoms with van der Waals surface area (Å²) in [7, 11) is 0.865. The smallest absolute Gasteiger partial charge is 0.421 e. The number of hydrogen-bond acceptors (Lipinski definition) is 5. The molecule has 24 heavy (non-hydrogen) atoms. The number of nitrogen functional groups attached to an aromatic ring is 1. The predicted octanol–water partition coefficient (Wildman–Crippen LogP) is 1.73. The quantitative estimate of drug-likeness (QED) is 0.708. The molecule has 0 saturated heterocycles. The second-order valence-corrected chi connectivity index (χ2v) is 4.94. The molecule has 0 aromatic carbocycles. The summed E-state index contributed by atoms with van der Waals surface area (Å²) >= 11 is 0. The van der Waals surface area contributed by atoms with Crippen LogP contribution in [0.2, 0.25) is 0 Å². The van der Waals surface area contributed by atoms with Crippen LogP contribution in [0.4, 0.5) is 32.0 Å². The zero-order chi connectivity index (χ0) is 18.9. The van der Waals surface area contributed by atoms with Gasteiger partial charge in [0.2, 0.25) is 5.88 Å². The van der Waals surface area contributed by atoms with Crippen LogP contribution in [-0.4, -0.2) is 41.4 Å². The SMILES string of the molecule is COc1nc(C(=O)NC[14C](C)(O)C(F)(F)F)c(N)cc1C(F)(F)F. The number of carbonyl (C=O) groups is 1. The number of hydrogen-bond donors (Lipinski definition) is 3. The van der Waals surface area contributed by atoms with Crippen molar-refractivity contribution in [3.05, 3.63) is 17.3 Å². The van der Waals surface area contributed by atoms with Gasteiger partial charge in [-0.2, -0.15) is 26.3 Å². The Morgan fingerprint density at radius 1 is 1.38 bits per heavy atom. The van der Waals surface area contributed by atoms with Crippen molar-refractivity contribution in [3.63, 3.8) is 0 Å². The summed E-state index contributed by atoms with van der Waals surface area (Å²) in [6, 6.07) is 0.378. The third kappa shape index (κ3) is 4.19. The summed E-state index contributed by atoms with van der Waals surface area (Å²) in [6.07, 6.45) is -9.89. The summed E-state index contributed by atoms with van der Waals surface area (Å²) in [5.41, 5.74) is -0.766. The Labute approximate surface area is 131 Å². The van der Waals surface area contributed by atoms with Crippen molar-refractivity contribution in [1.29, 1.82) is 0 Å². The summed E-state index contributed by atoms with van der Waals surface area (Å²) in [4.78, 5) is 15.1. The maximum absolute atomic E-state index is 12.7. The van der Waals surface area contributed by atoms with E-state index >= 15 is 0 Å². The van der Waals surface area contributed by atoms with E-state index in [9.17, 15) is 36.2 Å². The highest BCUT2D eigenvalue weighted by molar-refractivity contribution is 5.97. The predicted molar refractivity (Wildman–Crippen MR) is 69.2 cm³/mol. The number of anilines is 1. The van der Waals surface area contributed by atoms with E-state index in [0.717, 1.165) is 7.11 Å². The van der Waals surface area contributed by atoms with Crippen LogP contribution >= 0.6 is 0 Å². The van der Waals surface area contributed by atoms with Crippen molar-refractivity contribution in [2.24, 2.45) is 0 Å². The average Bonchev–Trinajstić information content (AvgIpc) is 2.42. The molecule has 1 unspecified atom stereocenters. The third-order valence-corrected chi connectivity index (χ3v) is 2.93. The van der Waals surface area contributed by atoms with Crippen LogP contribution in [0.3, 0.4) is 0 Å². The van der Waals surface area contributed by atoms with Gasteiger partial charge < -0.3 is 20.9 Å². The van der Waals surface area contributed by atoms with Crippen molar-refractivity contribution in [2.45, 2.75) is 24.9 Å². The molecule has 12 heteroatoms. The van der Waals surface area contributed by atoms with Crippen molar-refractivity contribution >= 4 is 11.6 Å². The first kappa shape index (κ1) is 19.8. The summed E-state index contributed by atoms with van der Waals surface area (Å²) < 4.78 is 80.1. The number of rotatable bonds is 4. The van der Waals surface area contributed by atoms with Gasteiger partial charge in [0.1, 0.15) is 5.56 Å². The minimum atomic E-state index is -5.03. The number of nitrogens with one attached hydrogen (secondary N) is 1. The fraction of sp³-hybridized carbons (Fsp3) is 0.500. The fourth-order valence-corrected chi connectivity index (χ4v) is 1.49. The molecule has 1 heterocycles. The van der Waals surface area contributed by atoms with Gasteiger partial charge in [-0.25, -0.2) is 4.98 Å². The molecule has 1 aromatic rings. The van der Waals surface area contributed by atoms with E-state index in [1.807, 2.05) is 0 Å². The lowest BCUT2D eigenvalue weighted by Crippen LogP contribution is -2.51. The van der Waals surface area contributed by atoms with E-state index in [2.05, 4.69) is 9.72 Å². The van der Waals surface area contributed by atoms with Gasteiger partial charge in [0.05, 0.1) is 19.3 Å². The molecule has 0 aliphatic heterocycles. The van der Waals surface area contributed by atoms with Crippen molar-refractivity contribution in [3.8, 4) is 5.88 Å². The zero-order valence-corrected chi connectivity index (χ0v) is 12.3. The van der Waals surface area contributed by atoms with Gasteiger partial charge in [-0.15, -0.1) is 0 Å². The van der Waals surface area contributed by atoms with E-state index in [-0.39, 0.29) is 0 Å². The van der Waals surface area contributed by atoms with Gasteiger partial charge >= 0.3 is 12.4 Å². The van der Waals surface area contributed by atoms with Crippen LogP contribution in [-0.2, 0) is 6.18 Å². The molecule has 136 valence electrons. The van der Waals surface area contributed by atoms with Crippen LogP contribution < -0.4 is 15.8 Å². The molecule has 1 rings (SSSR count). The van der Waals surface area contributed by atoms with E-state index in [1.54, 1.807) is 5.32 Å².